The second-order valence-electron chi connectivity index (χ2n) is 8.52. The lowest BCUT2D eigenvalue weighted by atomic mass is 10.1. The highest BCUT2D eigenvalue weighted by atomic mass is 35.5. The van der Waals surface area contributed by atoms with Crippen molar-refractivity contribution in [2.24, 2.45) is 5.92 Å². The number of hydrogen-bond acceptors (Lipinski definition) is 5. The Labute approximate surface area is 212 Å². The molecule has 2 aromatic carbocycles. The van der Waals surface area contributed by atoms with Crippen molar-refractivity contribution in [3.8, 4) is 0 Å². The van der Waals surface area contributed by atoms with E-state index in [-0.39, 0.29) is 6.54 Å². The topological polar surface area (TPSA) is 61.5 Å². The maximum Gasteiger partial charge on any atom is 0.273 e. The Balaban J connectivity index is 1.82. The smallest absolute Gasteiger partial charge is 0.273 e. The molecule has 33 heavy (non-hydrogen) atoms. The van der Waals surface area contributed by atoms with Crippen LogP contribution in [0.5, 0.6) is 0 Å². The second-order valence-corrected chi connectivity index (χ2v) is 13.4. The molecule has 176 valence electrons. The van der Waals surface area contributed by atoms with Gasteiger partial charge in [0.1, 0.15) is 9.95 Å². The van der Waals surface area contributed by atoms with E-state index < -0.39 is 15.4 Å². The van der Waals surface area contributed by atoms with Crippen LogP contribution in [0.4, 0.5) is 5.69 Å². The van der Waals surface area contributed by atoms with Gasteiger partial charge in [0.05, 0.1) is 16.8 Å². The molecule has 5 nitrogen and oxygen atoms in total. The van der Waals surface area contributed by atoms with Crippen LogP contribution < -0.4 is 9.47 Å². The van der Waals surface area contributed by atoms with Gasteiger partial charge in [-0.3, -0.25) is 4.55 Å². The van der Waals surface area contributed by atoms with Gasteiger partial charge in [-0.1, -0.05) is 60.1 Å². The Morgan fingerprint density at radius 2 is 1.82 bits per heavy atom. The molecule has 0 spiro atoms. The summed E-state index contributed by atoms with van der Waals surface area (Å²) in [6, 6.07) is 11.5. The van der Waals surface area contributed by atoms with Crippen LogP contribution in [-0.2, 0) is 16.7 Å². The number of anilines is 1. The van der Waals surface area contributed by atoms with E-state index in [9.17, 15) is 13.0 Å². The van der Waals surface area contributed by atoms with Crippen molar-refractivity contribution in [3.05, 3.63) is 56.5 Å². The highest BCUT2D eigenvalue weighted by Gasteiger charge is 2.31. The number of aromatic nitrogens is 1. The predicted octanol–water partition coefficient (Wildman–Crippen LogP) is 6.73. The molecule has 0 aliphatic carbocycles. The molecule has 0 saturated carbocycles. The lowest BCUT2D eigenvalue weighted by Gasteiger charge is -2.21. The third-order valence-electron chi connectivity index (χ3n) is 5.51. The van der Waals surface area contributed by atoms with Crippen molar-refractivity contribution in [2.45, 2.75) is 43.9 Å². The molecular formula is C23H25Cl2N2O3S3+. The van der Waals surface area contributed by atoms with Gasteiger partial charge in [-0.25, -0.2) is 0 Å². The minimum Gasteiger partial charge on any atom is -0.335 e. The van der Waals surface area contributed by atoms with E-state index in [1.165, 1.54) is 6.92 Å². The zero-order valence-electron chi connectivity index (χ0n) is 18.5. The summed E-state index contributed by atoms with van der Waals surface area (Å²) in [7, 11) is -4.18. The molecule has 2 heterocycles. The summed E-state index contributed by atoms with van der Waals surface area (Å²) < 4.78 is 36.1. The first-order valence-corrected chi connectivity index (χ1v) is 14.5. The Morgan fingerprint density at radius 3 is 2.52 bits per heavy atom. The normalized spacial score (nSPS) is 16.2. The fourth-order valence-corrected chi connectivity index (χ4v) is 6.57. The van der Waals surface area contributed by atoms with Crippen LogP contribution in [0.2, 0.25) is 10.0 Å². The van der Waals surface area contributed by atoms with Crippen molar-refractivity contribution in [2.75, 3.05) is 11.4 Å². The number of thioether (sulfide) groups is 1. The molecular weight excluding hydrogens is 519 g/mol. The highest BCUT2D eigenvalue weighted by molar-refractivity contribution is 8.03. The standard InChI is InChI=1S/C23H24Cl2N2O3S3/c1-14(2)8-9-26-18-10-16(24)4-6-20(18)31-22(26)12-23-27(13-15(3)33(28,29)30)19-11-17(25)5-7-21(19)32-23/h4-7,10-12,14-15H,8-9,13H2,1-3H3/p+1. The van der Waals surface area contributed by atoms with Gasteiger partial charge < -0.3 is 4.90 Å². The molecule has 1 aromatic heterocycles. The first kappa shape index (κ1) is 24.8. The average Bonchev–Trinajstić information content (AvgIpc) is 3.23. The Kier molecular flexibility index (Phi) is 7.34. The number of hydrogen-bond donors (Lipinski definition) is 1. The van der Waals surface area contributed by atoms with Crippen LogP contribution in [-0.4, -0.2) is 24.8 Å². The van der Waals surface area contributed by atoms with Gasteiger partial charge in [0.2, 0.25) is 5.52 Å². The number of rotatable bonds is 7. The van der Waals surface area contributed by atoms with Crippen LogP contribution in [0.15, 0.2) is 46.3 Å². The minimum atomic E-state index is -4.18. The van der Waals surface area contributed by atoms with Crippen molar-refractivity contribution in [3.63, 3.8) is 0 Å². The number of benzene rings is 2. The van der Waals surface area contributed by atoms with Gasteiger partial charge in [-0.05, 0) is 49.6 Å². The maximum atomic E-state index is 11.8. The molecule has 1 atom stereocenters. The lowest BCUT2D eigenvalue weighted by Crippen LogP contribution is -2.42. The third kappa shape index (κ3) is 5.52. The predicted molar refractivity (Wildman–Crippen MR) is 140 cm³/mol. The number of fused-ring (bicyclic) bond motifs is 2. The van der Waals surface area contributed by atoms with Crippen molar-refractivity contribution >= 4 is 78.4 Å². The molecule has 0 amide bonds. The molecule has 1 unspecified atom stereocenters. The van der Waals surface area contributed by atoms with Crippen LogP contribution >= 0.6 is 46.3 Å². The molecule has 1 aliphatic heterocycles. The summed E-state index contributed by atoms with van der Waals surface area (Å²) in [4.78, 5) is 3.41. The minimum absolute atomic E-state index is 0.119. The van der Waals surface area contributed by atoms with Gasteiger partial charge in [-0.15, -0.1) is 0 Å². The third-order valence-corrected chi connectivity index (χ3v) is 9.37. The van der Waals surface area contributed by atoms with Gasteiger partial charge in [-0.2, -0.15) is 13.0 Å². The molecule has 1 N–H and O–H groups in total. The SMILES string of the molecule is CC(C)CCN1C(=Cc2sc3ccc(Cl)cc3[n+]2CC(C)S(=O)(=O)O)Sc2ccc(Cl)cc21. The van der Waals surface area contributed by atoms with E-state index in [0.29, 0.717) is 16.0 Å². The summed E-state index contributed by atoms with van der Waals surface area (Å²) in [5.74, 6) is 0.548. The fraction of sp³-hybridized carbons (Fsp3) is 0.348. The first-order valence-electron chi connectivity index (χ1n) is 10.6. The fourth-order valence-electron chi connectivity index (χ4n) is 3.63. The quantitative estimate of drug-likeness (QED) is 0.264. The molecule has 3 aromatic rings. The maximum absolute atomic E-state index is 11.8. The van der Waals surface area contributed by atoms with Gasteiger partial charge in [0.25, 0.3) is 15.1 Å². The second kappa shape index (κ2) is 9.76. The van der Waals surface area contributed by atoms with E-state index in [1.54, 1.807) is 23.1 Å². The molecule has 0 saturated heterocycles. The van der Waals surface area contributed by atoms with Crippen molar-refractivity contribution in [1.82, 2.24) is 0 Å². The molecule has 0 fully saturated rings. The Bertz CT molecular complexity index is 1340. The summed E-state index contributed by atoms with van der Waals surface area (Å²) in [5, 5.41) is 2.25. The van der Waals surface area contributed by atoms with Crippen molar-refractivity contribution in [1.29, 1.82) is 0 Å². The molecule has 10 heteroatoms. The van der Waals surface area contributed by atoms with Crippen molar-refractivity contribution < 1.29 is 17.5 Å². The number of halogens is 2. The van der Waals surface area contributed by atoms with Crippen LogP contribution in [0.3, 0.4) is 0 Å². The van der Waals surface area contributed by atoms with Crippen LogP contribution in [0.1, 0.15) is 32.2 Å². The monoisotopic (exact) mass is 543 g/mol. The lowest BCUT2D eigenvalue weighted by molar-refractivity contribution is -0.667. The van der Waals surface area contributed by atoms with Crippen LogP contribution in [0, 0.1) is 5.92 Å². The van der Waals surface area contributed by atoms with Gasteiger partial charge in [0.15, 0.2) is 6.54 Å². The number of thiazole rings is 1. The first-order chi connectivity index (χ1) is 15.5. The summed E-state index contributed by atoms with van der Waals surface area (Å²) in [6.07, 6.45) is 3.11. The van der Waals surface area contributed by atoms with Gasteiger partial charge >= 0.3 is 0 Å². The average molecular weight is 545 g/mol. The van der Waals surface area contributed by atoms with E-state index >= 15 is 0 Å². The molecule has 4 rings (SSSR count). The molecule has 1 aliphatic rings. The van der Waals surface area contributed by atoms with E-state index in [0.717, 1.165) is 43.8 Å². The summed E-state index contributed by atoms with van der Waals surface area (Å²) in [5.41, 5.74) is 1.92. The van der Waals surface area contributed by atoms with Crippen LogP contribution in [0.25, 0.3) is 16.3 Å². The summed E-state index contributed by atoms with van der Waals surface area (Å²) in [6.45, 7) is 6.87. The molecule has 0 radical (unpaired) electrons. The highest BCUT2D eigenvalue weighted by Crippen LogP contribution is 2.48. The Hall–Kier alpha value is -1.29. The Morgan fingerprint density at radius 1 is 1.12 bits per heavy atom. The zero-order chi connectivity index (χ0) is 23.9. The largest absolute Gasteiger partial charge is 0.335 e. The number of nitrogens with zero attached hydrogens (tertiary/aromatic N) is 2. The molecule has 0 bridgehead atoms. The van der Waals surface area contributed by atoms with E-state index in [4.69, 9.17) is 23.2 Å². The summed E-state index contributed by atoms with van der Waals surface area (Å²) >= 11 is 15.8. The van der Waals surface area contributed by atoms with E-state index in [2.05, 4.69) is 24.8 Å². The zero-order valence-corrected chi connectivity index (χ0v) is 22.4. The van der Waals surface area contributed by atoms with E-state index in [1.807, 2.05) is 41.0 Å². The van der Waals surface area contributed by atoms with Gasteiger partial charge in [0, 0.05) is 27.6 Å².